The summed E-state index contributed by atoms with van der Waals surface area (Å²) in [5.41, 5.74) is 1.89. The summed E-state index contributed by atoms with van der Waals surface area (Å²) in [6.45, 7) is 7.74. The van der Waals surface area contributed by atoms with E-state index in [4.69, 9.17) is 4.74 Å². The number of nitrogens with one attached hydrogen (secondary N) is 2. The second-order valence-corrected chi connectivity index (χ2v) is 9.18. The highest BCUT2D eigenvalue weighted by molar-refractivity contribution is 7.88. The van der Waals surface area contributed by atoms with E-state index in [1.54, 1.807) is 32.6 Å². The monoisotopic (exact) mass is 399 g/mol. The topological polar surface area (TPSA) is 109 Å². The normalized spacial score (nSPS) is 18.0. The lowest BCUT2D eigenvalue weighted by atomic mass is 10.0. The van der Waals surface area contributed by atoms with Gasteiger partial charge in [0.1, 0.15) is 5.69 Å². The molecule has 27 heavy (non-hydrogen) atoms. The van der Waals surface area contributed by atoms with Crippen LogP contribution >= 0.6 is 0 Å². The molecule has 2 heterocycles. The van der Waals surface area contributed by atoms with E-state index in [0.29, 0.717) is 29.1 Å². The number of likely N-dealkylation sites (tertiary alicyclic amines) is 1. The van der Waals surface area contributed by atoms with Gasteiger partial charge in [-0.05, 0) is 52.5 Å². The van der Waals surface area contributed by atoms with E-state index in [2.05, 4.69) is 9.71 Å². The van der Waals surface area contributed by atoms with Gasteiger partial charge < -0.3 is 14.6 Å². The molecular formula is C18H29N3O5S. The fourth-order valence-corrected chi connectivity index (χ4v) is 3.91. The molecule has 1 aliphatic rings. The number of hydrogen-bond donors (Lipinski definition) is 2. The summed E-state index contributed by atoms with van der Waals surface area (Å²) in [7, 11) is -3.33. The van der Waals surface area contributed by atoms with Crippen molar-refractivity contribution in [2.45, 2.75) is 59.1 Å². The smallest absolute Gasteiger partial charge is 0.340 e. The van der Waals surface area contributed by atoms with E-state index in [0.717, 1.165) is 25.5 Å². The first-order valence-electron chi connectivity index (χ1n) is 9.17. The van der Waals surface area contributed by atoms with Crippen LogP contribution in [0.3, 0.4) is 0 Å². The minimum Gasteiger partial charge on any atom is -0.459 e. The lowest BCUT2D eigenvalue weighted by molar-refractivity contribution is 0.0376. The number of esters is 1. The van der Waals surface area contributed by atoms with Crippen LogP contribution < -0.4 is 4.72 Å². The Hall–Kier alpha value is -1.87. The summed E-state index contributed by atoms with van der Waals surface area (Å²) in [5, 5.41) is 0. The lowest BCUT2D eigenvalue weighted by Crippen LogP contribution is -2.49. The third-order valence-corrected chi connectivity index (χ3v) is 5.36. The Morgan fingerprint density at radius 2 is 1.96 bits per heavy atom. The van der Waals surface area contributed by atoms with Gasteiger partial charge in [0.05, 0.1) is 17.9 Å². The molecular weight excluding hydrogens is 370 g/mol. The summed E-state index contributed by atoms with van der Waals surface area (Å²) in [6, 6.07) is -0.213. The van der Waals surface area contributed by atoms with Crippen molar-refractivity contribution in [3.63, 3.8) is 0 Å². The van der Waals surface area contributed by atoms with Gasteiger partial charge in [0.2, 0.25) is 10.0 Å². The van der Waals surface area contributed by atoms with Gasteiger partial charge in [-0.3, -0.25) is 4.79 Å². The van der Waals surface area contributed by atoms with Gasteiger partial charge in [0.15, 0.2) is 0 Å². The number of sulfonamides is 1. The number of H-pyrrole nitrogens is 1. The maximum absolute atomic E-state index is 13.1. The highest BCUT2D eigenvalue weighted by atomic mass is 32.2. The molecule has 1 amide bonds. The molecule has 1 aromatic heterocycles. The molecule has 2 N–H and O–H groups in total. The van der Waals surface area contributed by atoms with Gasteiger partial charge in [-0.15, -0.1) is 0 Å². The summed E-state index contributed by atoms with van der Waals surface area (Å²) in [4.78, 5) is 30.2. The minimum absolute atomic E-state index is 0.186. The Bertz CT molecular complexity index is 813. The Labute approximate surface area is 160 Å². The van der Waals surface area contributed by atoms with Crippen LogP contribution in [0.25, 0.3) is 0 Å². The van der Waals surface area contributed by atoms with E-state index in [9.17, 15) is 18.0 Å². The quantitative estimate of drug-likeness (QED) is 0.708. The standard InChI is InChI=1S/C18H29N3O5S/c1-11(2)26-18(23)15-12(3)16(20-13(15)4)17(22)21-9-7-6-8-14(21)10-19-27(5,24)25/h11,14,19-20H,6-10H2,1-5H3/t14-/m1/s1. The number of piperidine rings is 1. The zero-order valence-electron chi connectivity index (χ0n) is 16.6. The zero-order valence-corrected chi connectivity index (χ0v) is 17.4. The largest absolute Gasteiger partial charge is 0.459 e. The molecule has 0 aliphatic carbocycles. The van der Waals surface area contributed by atoms with Crippen LogP contribution in [0, 0.1) is 13.8 Å². The van der Waals surface area contributed by atoms with Crippen LogP contribution in [0.2, 0.25) is 0 Å². The number of carbonyl (C=O) groups excluding carboxylic acids is 2. The van der Waals surface area contributed by atoms with E-state index in [1.165, 1.54) is 0 Å². The van der Waals surface area contributed by atoms with E-state index in [-0.39, 0.29) is 24.6 Å². The highest BCUT2D eigenvalue weighted by Crippen LogP contribution is 2.24. The lowest BCUT2D eigenvalue weighted by Gasteiger charge is -2.35. The van der Waals surface area contributed by atoms with E-state index in [1.807, 2.05) is 0 Å². The molecule has 0 radical (unpaired) electrons. The third kappa shape index (κ3) is 5.32. The number of nitrogens with zero attached hydrogens (tertiary/aromatic N) is 1. The van der Waals surface area contributed by atoms with Gasteiger partial charge in [0.25, 0.3) is 5.91 Å². The third-order valence-electron chi connectivity index (χ3n) is 4.67. The molecule has 1 aromatic rings. The van der Waals surface area contributed by atoms with Crippen molar-refractivity contribution in [1.82, 2.24) is 14.6 Å². The number of carbonyl (C=O) groups is 2. The molecule has 1 aliphatic heterocycles. The van der Waals surface area contributed by atoms with Crippen LogP contribution in [-0.2, 0) is 14.8 Å². The van der Waals surface area contributed by atoms with Gasteiger partial charge in [-0.2, -0.15) is 0 Å². The fraction of sp³-hybridized carbons (Fsp3) is 0.667. The predicted octanol–water partition coefficient (Wildman–Crippen LogP) is 1.74. The Balaban J connectivity index is 2.26. The summed E-state index contributed by atoms with van der Waals surface area (Å²) in [5.74, 6) is -0.677. The molecule has 152 valence electrons. The Kier molecular flexibility index (Phi) is 6.69. The maximum atomic E-state index is 13.1. The molecule has 8 nitrogen and oxygen atoms in total. The summed E-state index contributed by atoms with van der Waals surface area (Å²) < 4.78 is 30.6. The van der Waals surface area contributed by atoms with Crippen molar-refractivity contribution in [3.05, 3.63) is 22.5 Å². The summed E-state index contributed by atoms with van der Waals surface area (Å²) in [6.07, 6.45) is 3.39. The van der Waals surface area contributed by atoms with Crippen LogP contribution in [0.15, 0.2) is 0 Å². The highest BCUT2D eigenvalue weighted by Gasteiger charge is 2.31. The molecule has 1 atom stereocenters. The van der Waals surface area contributed by atoms with Crippen molar-refractivity contribution in [2.24, 2.45) is 0 Å². The first-order valence-corrected chi connectivity index (χ1v) is 11.1. The molecule has 0 unspecified atom stereocenters. The molecule has 0 aromatic carbocycles. The number of amides is 1. The molecule has 2 rings (SSSR count). The first kappa shape index (κ1) is 21.4. The first-order chi connectivity index (χ1) is 12.5. The molecule has 1 saturated heterocycles. The van der Waals surface area contributed by atoms with Crippen LogP contribution in [-0.4, -0.2) is 61.7 Å². The van der Waals surface area contributed by atoms with Crippen molar-refractivity contribution in [2.75, 3.05) is 19.3 Å². The van der Waals surface area contributed by atoms with E-state index < -0.39 is 16.0 Å². The van der Waals surface area contributed by atoms with Crippen molar-refractivity contribution in [1.29, 1.82) is 0 Å². The van der Waals surface area contributed by atoms with Crippen LogP contribution in [0.5, 0.6) is 0 Å². The van der Waals surface area contributed by atoms with Gasteiger partial charge in [-0.25, -0.2) is 17.9 Å². The molecule has 0 saturated carbocycles. The van der Waals surface area contributed by atoms with Crippen molar-refractivity contribution < 1.29 is 22.7 Å². The number of aromatic nitrogens is 1. The number of aromatic amines is 1. The molecule has 0 spiro atoms. The Morgan fingerprint density at radius 1 is 1.30 bits per heavy atom. The van der Waals surface area contributed by atoms with Gasteiger partial charge >= 0.3 is 5.97 Å². The minimum atomic E-state index is -3.33. The fourth-order valence-electron chi connectivity index (χ4n) is 3.41. The van der Waals surface area contributed by atoms with E-state index >= 15 is 0 Å². The number of aryl methyl sites for hydroxylation is 1. The van der Waals surface area contributed by atoms with Crippen molar-refractivity contribution >= 4 is 21.9 Å². The second-order valence-electron chi connectivity index (χ2n) is 7.35. The maximum Gasteiger partial charge on any atom is 0.340 e. The average Bonchev–Trinajstić information content (AvgIpc) is 2.86. The summed E-state index contributed by atoms with van der Waals surface area (Å²) >= 11 is 0. The SMILES string of the molecule is Cc1[nH]c(C(=O)N2CCCC[C@@H]2CNS(C)(=O)=O)c(C)c1C(=O)OC(C)C. The van der Waals surface area contributed by atoms with Crippen molar-refractivity contribution in [3.8, 4) is 0 Å². The molecule has 1 fully saturated rings. The molecule has 0 bridgehead atoms. The number of hydrogen-bond acceptors (Lipinski definition) is 5. The average molecular weight is 400 g/mol. The van der Waals surface area contributed by atoms with Crippen LogP contribution in [0.1, 0.15) is 65.2 Å². The Morgan fingerprint density at radius 3 is 2.56 bits per heavy atom. The van der Waals surface area contributed by atoms with Gasteiger partial charge in [0, 0.05) is 24.8 Å². The number of ether oxygens (including phenoxy) is 1. The van der Waals surface area contributed by atoms with Gasteiger partial charge in [-0.1, -0.05) is 0 Å². The number of rotatable bonds is 6. The zero-order chi connectivity index (χ0) is 20.4. The second kappa shape index (κ2) is 8.43. The molecule has 9 heteroatoms. The van der Waals surface area contributed by atoms with Crippen LogP contribution in [0.4, 0.5) is 0 Å². The predicted molar refractivity (Wildman–Crippen MR) is 102 cm³/mol.